The van der Waals surface area contributed by atoms with Crippen LogP contribution >= 0.6 is 23.4 Å². The predicted octanol–water partition coefficient (Wildman–Crippen LogP) is 4.39. The van der Waals surface area contributed by atoms with Crippen LogP contribution in [-0.2, 0) is 4.79 Å². The number of nitrogens with one attached hydrogen (secondary N) is 1. The van der Waals surface area contributed by atoms with Crippen LogP contribution in [-0.4, -0.2) is 32.0 Å². The highest BCUT2D eigenvalue weighted by atomic mass is 35.5. The molecule has 3 N–H and O–H groups in total. The van der Waals surface area contributed by atoms with Crippen molar-refractivity contribution in [2.75, 3.05) is 0 Å². The first-order valence-electron chi connectivity index (χ1n) is 9.35. The molecule has 156 valence electrons. The number of para-hydroxylation sites is 1. The van der Waals surface area contributed by atoms with Gasteiger partial charge in [0.2, 0.25) is 5.91 Å². The summed E-state index contributed by atoms with van der Waals surface area (Å²) in [5.74, 6) is 0.395. The summed E-state index contributed by atoms with van der Waals surface area (Å²) < 4.78 is 1.93. The Morgan fingerprint density at radius 1 is 1.07 bits per heavy atom. The Morgan fingerprint density at radius 3 is 2.37 bits per heavy atom. The third-order valence-electron chi connectivity index (χ3n) is 4.43. The summed E-state index contributed by atoms with van der Waals surface area (Å²) in [5, 5.41) is 11.4. The Balaban J connectivity index is 2.11. The number of benzene rings is 2. The zero-order valence-corrected chi connectivity index (χ0v) is 18.4. The summed E-state index contributed by atoms with van der Waals surface area (Å²) in [6.07, 6.45) is 0. The molecule has 0 unspecified atom stereocenters. The van der Waals surface area contributed by atoms with Gasteiger partial charge >= 0.3 is 6.03 Å². The van der Waals surface area contributed by atoms with Crippen LogP contribution < -0.4 is 11.1 Å². The number of halogens is 1. The molecular formula is C21H22ClN5O2S. The van der Waals surface area contributed by atoms with E-state index in [2.05, 4.69) is 35.4 Å². The van der Waals surface area contributed by atoms with E-state index in [9.17, 15) is 9.59 Å². The Morgan fingerprint density at radius 2 is 1.73 bits per heavy atom. The van der Waals surface area contributed by atoms with Crippen molar-refractivity contribution < 1.29 is 9.59 Å². The van der Waals surface area contributed by atoms with Crippen molar-refractivity contribution in [3.8, 4) is 17.1 Å². The fourth-order valence-corrected chi connectivity index (χ4v) is 3.95. The first kappa shape index (κ1) is 21.9. The fourth-order valence-electron chi connectivity index (χ4n) is 2.96. The SMILES string of the molecule is CC(C)c1ccccc1-n1c(S[C@@H](C)C(=O)NC(N)=O)nnc1-c1ccc(Cl)cc1. The van der Waals surface area contributed by atoms with E-state index < -0.39 is 17.2 Å². The number of rotatable bonds is 6. The molecule has 1 heterocycles. The van der Waals surface area contributed by atoms with Crippen LogP contribution in [0.1, 0.15) is 32.3 Å². The van der Waals surface area contributed by atoms with Gasteiger partial charge in [0.05, 0.1) is 10.9 Å². The van der Waals surface area contributed by atoms with Crippen molar-refractivity contribution in [2.24, 2.45) is 5.73 Å². The van der Waals surface area contributed by atoms with Gasteiger partial charge in [-0.3, -0.25) is 14.7 Å². The number of thioether (sulfide) groups is 1. The number of nitrogens with two attached hydrogens (primary N) is 1. The lowest BCUT2D eigenvalue weighted by molar-refractivity contribution is -0.119. The van der Waals surface area contributed by atoms with E-state index >= 15 is 0 Å². The number of carbonyl (C=O) groups is 2. The number of amides is 3. The standard InChI is InChI=1S/C21H22ClN5O2S/c1-12(2)16-6-4-5-7-17(16)27-18(14-8-10-15(22)11-9-14)25-26-21(27)30-13(3)19(28)24-20(23)29/h4-13H,1-3H3,(H3,23,24,28,29)/t13-/m0/s1. The van der Waals surface area contributed by atoms with Crippen molar-refractivity contribution in [3.63, 3.8) is 0 Å². The van der Waals surface area contributed by atoms with E-state index in [1.165, 1.54) is 11.8 Å². The van der Waals surface area contributed by atoms with Gasteiger partial charge in [0.25, 0.3) is 0 Å². The van der Waals surface area contributed by atoms with Crippen molar-refractivity contribution >= 4 is 35.3 Å². The van der Waals surface area contributed by atoms with Gasteiger partial charge in [0.15, 0.2) is 11.0 Å². The molecular weight excluding hydrogens is 422 g/mol. The summed E-state index contributed by atoms with van der Waals surface area (Å²) in [6, 6.07) is 14.4. The number of nitrogens with zero attached hydrogens (tertiary/aromatic N) is 3. The van der Waals surface area contributed by atoms with E-state index in [0.717, 1.165) is 16.8 Å². The Bertz CT molecular complexity index is 1070. The monoisotopic (exact) mass is 443 g/mol. The summed E-state index contributed by atoms with van der Waals surface area (Å²) in [7, 11) is 0. The highest BCUT2D eigenvalue weighted by molar-refractivity contribution is 8.00. The number of imide groups is 1. The second-order valence-corrected chi connectivity index (χ2v) is 8.72. The number of hydrogen-bond donors (Lipinski definition) is 2. The van der Waals surface area contributed by atoms with Crippen LogP contribution in [0.15, 0.2) is 53.7 Å². The zero-order chi connectivity index (χ0) is 21.8. The zero-order valence-electron chi connectivity index (χ0n) is 16.8. The molecule has 30 heavy (non-hydrogen) atoms. The second kappa shape index (κ2) is 9.32. The molecule has 0 bridgehead atoms. The lowest BCUT2D eigenvalue weighted by Crippen LogP contribution is -2.39. The molecule has 0 fully saturated rings. The minimum absolute atomic E-state index is 0.259. The Labute approximate surface area is 184 Å². The van der Waals surface area contributed by atoms with Gasteiger partial charge < -0.3 is 5.73 Å². The third-order valence-corrected chi connectivity index (χ3v) is 5.73. The maximum Gasteiger partial charge on any atom is 0.318 e. The molecule has 3 amide bonds. The molecule has 9 heteroatoms. The molecule has 2 aromatic carbocycles. The van der Waals surface area contributed by atoms with Gasteiger partial charge in [0.1, 0.15) is 0 Å². The number of primary amides is 1. The van der Waals surface area contributed by atoms with Crippen molar-refractivity contribution in [2.45, 2.75) is 37.1 Å². The minimum Gasteiger partial charge on any atom is -0.351 e. The molecule has 0 saturated carbocycles. The molecule has 7 nitrogen and oxygen atoms in total. The van der Waals surface area contributed by atoms with Crippen LogP contribution in [0.5, 0.6) is 0 Å². The molecule has 1 atom stereocenters. The molecule has 0 aliphatic heterocycles. The van der Waals surface area contributed by atoms with Gasteiger partial charge in [-0.1, -0.05) is 55.4 Å². The van der Waals surface area contributed by atoms with E-state index in [4.69, 9.17) is 17.3 Å². The van der Waals surface area contributed by atoms with E-state index in [1.54, 1.807) is 19.1 Å². The van der Waals surface area contributed by atoms with Crippen molar-refractivity contribution in [1.29, 1.82) is 0 Å². The Hall–Kier alpha value is -2.84. The van der Waals surface area contributed by atoms with Crippen LogP contribution in [0.3, 0.4) is 0 Å². The average Bonchev–Trinajstić information content (AvgIpc) is 3.11. The maximum absolute atomic E-state index is 12.2. The largest absolute Gasteiger partial charge is 0.351 e. The van der Waals surface area contributed by atoms with Gasteiger partial charge in [-0.05, 0) is 48.7 Å². The summed E-state index contributed by atoms with van der Waals surface area (Å²) >= 11 is 7.24. The quantitative estimate of drug-likeness (QED) is 0.550. The molecule has 0 saturated heterocycles. The molecule has 3 aromatic rings. The van der Waals surface area contributed by atoms with E-state index in [1.807, 2.05) is 34.9 Å². The first-order valence-corrected chi connectivity index (χ1v) is 10.6. The summed E-state index contributed by atoms with van der Waals surface area (Å²) in [6.45, 7) is 5.90. The van der Waals surface area contributed by atoms with Crippen LogP contribution in [0, 0.1) is 0 Å². The van der Waals surface area contributed by atoms with Crippen LogP contribution in [0.25, 0.3) is 17.1 Å². The lowest BCUT2D eigenvalue weighted by atomic mass is 10.0. The summed E-state index contributed by atoms with van der Waals surface area (Å²) in [4.78, 5) is 23.2. The van der Waals surface area contributed by atoms with Crippen molar-refractivity contribution in [3.05, 3.63) is 59.1 Å². The summed E-state index contributed by atoms with van der Waals surface area (Å²) in [5.41, 5.74) is 7.94. The van der Waals surface area contributed by atoms with Gasteiger partial charge in [-0.15, -0.1) is 10.2 Å². The van der Waals surface area contributed by atoms with Crippen LogP contribution in [0.4, 0.5) is 4.79 Å². The molecule has 0 aliphatic rings. The second-order valence-electron chi connectivity index (χ2n) is 6.98. The molecule has 3 rings (SSSR count). The predicted molar refractivity (Wildman–Crippen MR) is 119 cm³/mol. The van der Waals surface area contributed by atoms with Gasteiger partial charge in [-0.2, -0.15) is 0 Å². The number of urea groups is 1. The van der Waals surface area contributed by atoms with Gasteiger partial charge in [-0.25, -0.2) is 4.79 Å². The highest BCUT2D eigenvalue weighted by Gasteiger charge is 2.24. The number of carbonyl (C=O) groups excluding carboxylic acids is 2. The number of hydrogen-bond acceptors (Lipinski definition) is 5. The van der Waals surface area contributed by atoms with E-state index in [0.29, 0.717) is 16.0 Å². The topological polar surface area (TPSA) is 103 Å². The lowest BCUT2D eigenvalue weighted by Gasteiger charge is -2.18. The van der Waals surface area contributed by atoms with Crippen LogP contribution in [0.2, 0.25) is 5.02 Å². The number of aromatic nitrogens is 3. The van der Waals surface area contributed by atoms with Gasteiger partial charge in [0, 0.05) is 10.6 Å². The average molecular weight is 444 g/mol. The molecule has 0 aliphatic carbocycles. The Kier molecular flexibility index (Phi) is 6.79. The molecule has 0 spiro atoms. The smallest absolute Gasteiger partial charge is 0.318 e. The third kappa shape index (κ3) is 4.83. The van der Waals surface area contributed by atoms with E-state index in [-0.39, 0.29) is 5.92 Å². The fraction of sp³-hybridized carbons (Fsp3) is 0.238. The first-order chi connectivity index (χ1) is 14.3. The molecule has 1 aromatic heterocycles. The highest BCUT2D eigenvalue weighted by Crippen LogP contribution is 2.33. The molecule has 0 radical (unpaired) electrons. The minimum atomic E-state index is -0.888. The van der Waals surface area contributed by atoms with Crippen molar-refractivity contribution in [1.82, 2.24) is 20.1 Å². The normalized spacial score (nSPS) is 12.0. The maximum atomic E-state index is 12.2.